The first-order valence-electron chi connectivity index (χ1n) is 9.15. The molecular formula is C20H23N3O4S2. The first kappa shape index (κ1) is 21.2. The van der Waals surface area contributed by atoms with Crippen molar-refractivity contribution in [1.29, 1.82) is 0 Å². The van der Waals surface area contributed by atoms with Gasteiger partial charge in [-0.05, 0) is 63.2 Å². The van der Waals surface area contributed by atoms with E-state index in [4.69, 9.17) is 4.74 Å². The molecule has 1 heterocycles. The van der Waals surface area contributed by atoms with Crippen LogP contribution < -0.4 is 10.1 Å². The van der Waals surface area contributed by atoms with Crippen molar-refractivity contribution in [2.45, 2.75) is 31.7 Å². The number of thiazole rings is 1. The number of hydrogen-bond acceptors (Lipinski definition) is 6. The van der Waals surface area contributed by atoms with E-state index in [2.05, 4.69) is 10.3 Å². The average molecular weight is 434 g/mol. The molecule has 0 radical (unpaired) electrons. The third-order valence-corrected chi connectivity index (χ3v) is 7.39. The number of fused-ring (bicyclic) bond motifs is 1. The third-order valence-electron chi connectivity index (χ3n) is 4.41. The highest BCUT2D eigenvalue weighted by molar-refractivity contribution is 7.89. The fourth-order valence-electron chi connectivity index (χ4n) is 2.61. The van der Waals surface area contributed by atoms with Crippen LogP contribution in [-0.4, -0.2) is 43.3 Å². The molecule has 2 aromatic carbocycles. The standard InChI is InChI=1S/C20H23N3O4S2/c1-5-27-15-8-11-17-18(12-15)28-20(21-17)22-19(24)14-6-9-16(10-7-14)29(25,26)23(4)13(2)3/h6-13H,5H2,1-4H3,(H,21,22,24). The molecule has 0 atom stereocenters. The van der Waals surface area contributed by atoms with E-state index < -0.39 is 10.0 Å². The van der Waals surface area contributed by atoms with E-state index in [1.54, 1.807) is 13.8 Å². The highest BCUT2D eigenvalue weighted by Gasteiger charge is 2.23. The van der Waals surface area contributed by atoms with Crippen LogP contribution in [-0.2, 0) is 10.0 Å². The first-order valence-corrected chi connectivity index (χ1v) is 11.4. The summed E-state index contributed by atoms with van der Waals surface area (Å²) in [6.45, 7) is 6.09. The molecule has 0 aliphatic carbocycles. The molecular weight excluding hydrogens is 410 g/mol. The predicted molar refractivity (Wildman–Crippen MR) is 115 cm³/mol. The minimum atomic E-state index is -3.59. The monoisotopic (exact) mass is 433 g/mol. The Labute approximate surface area is 174 Å². The maximum Gasteiger partial charge on any atom is 0.257 e. The summed E-state index contributed by atoms with van der Waals surface area (Å²) in [6, 6.07) is 11.3. The van der Waals surface area contributed by atoms with Gasteiger partial charge in [0, 0.05) is 18.7 Å². The summed E-state index contributed by atoms with van der Waals surface area (Å²) in [5.74, 6) is 0.403. The number of benzene rings is 2. The van der Waals surface area contributed by atoms with Crippen molar-refractivity contribution in [2.75, 3.05) is 19.0 Å². The van der Waals surface area contributed by atoms with Crippen LogP contribution in [0, 0.1) is 0 Å². The van der Waals surface area contributed by atoms with E-state index in [1.165, 1.54) is 47.0 Å². The number of carbonyl (C=O) groups is 1. The first-order chi connectivity index (χ1) is 13.7. The largest absolute Gasteiger partial charge is 0.494 e. The molecule has 0 bridgehead atoms. The van der Waals surface area contributed by atoms with Crippen molar-refractivity contribution in [2.24, 2.45) is 0 Å². The molecule has 0 saturated carbocycles. The Balaban J connectivity index is 1.76. The second-order valence-electron chi connectivity index (χ2n) is 6.68. The Morgan fingerprint density at radius 1 is 1.21 bits per heavy atom. The number of sulfonamides is 1. The summed E-state index contributed by atoms with van der Waals surface area (Å²) >= 11 is 1.35. The van der Waals surface area contributed by atoms with Crippen LogP contribution in [0.25, 0.3) is 10.2 Å². The van der Waals surface area contributed by atoms with Gasteiger partial charge in [-0.1, -0.05) is 11.3 Å². The van der Waals surface area contributed by atoms with Crippen molar-refractivity contribution in [3.05, 3.63) is 48.0 Å². The van der Waals surface area contributed by atoms with Gasteiger partial charge in [0.15, 0.2) is 5.13 Å². The zero-order valence-electron chi connectivity index (χ0n) is 16.7. The molecule has 1 aromatic heterocycles. The van der Waals surface area contributed by atoms with Gasteiger partial charge < -0.3 is 4.74 Å². The zero-order chi connectivity index (χ0) is 21.2. The lowest BCUT2D eigenvalue weighted by Gasteiger charge is -2.20. The maximum absolute atomic E-state index is 12.5. The van der Waals surface area contributed by atoms with Crippen LogP contribution in [0.4, 0.5) is 5.13 Å². The number of hydrogen-bond donors (Lipinski definition) is 1. The second kappa shape index (κ2) is 8.48. The van der Waals surface area contributed by atoms with E-state index in [1.807, 2.05) is 25.1 Å². The van der Waals surface area contributed by atoms with Crippen LogP contribution in [0.2, 0.25) is 0 Å². The molecule has 3 aromatic rings. The molecule has 0 spiro atoms. The Bertz CT molecular complexity index is 1120. The molecule has 3 rings (SSSR count). The number of aromatic nitrogens is 1. The van der Waals surface area contributed by atoms with Crippen molar-refractivity contribution in [3.63, 3.8) is 0 Å². The van der Waals surface area contributed by atoms with Crippen LogP contribution in [0.1, 0.15) is 31.1 Å². The van der Waals surface area contributed by atoms with E-state index in [0.717, 1.165) is 16.0 Å². The Kier molecular flexibility index (Phi) is 6.21. The van der Waals surface area contributed by atoms with Crippen LogP contribution in [0.5, 0.6) is 5.75 Å². The Morgan fingerprint density at radius 2 is 1.90 bits per heavy atom. The molecule has 0 unspecified atom stereocenters. The van der Waals surface area contributed by atoms with Crippen molar-refractivity contribution >= 4 is 42.6 Å². The molecule has 1 N–H and O–H groups in total. The number of rotatable bonds is 7. The van der Waals surface area contributed by atoms with E-state index in [9.17, 15) is 13.2 Å². The number of amides is 1. The van der Waals surface area contributed by atoms with E-state index in [0.29, 0.717) is 17.3 Å². The van der Waals surface area contributed by atoms with Gasteiger partial charge in [-0.2, -0.15) is 4.31 Å². The summed E-state index contributed by atoms with van der Waals surface area (Å²) in [6.07, 6.45) is 0. The number of nitrogens with zero attached hydrogens (tertiary/aromatic N) is 2. The molecule has 1 amide bonds. The fraction of sp³-hybridized carbons (Fsp3) is 0.300. The van der Waals surface area contributed by atoms with Crippen molar-refractivity contribution in [3.8, 4) is 5.75 Å². The van der Waals surface area contributed by atoms with Gasteiger partial charge in [-0.25, -0.2) is 13.4 Å². The summed E-state index contributed by atoms with van der Waals surface area (Å²) in [5, 5.41) is 3.23. The third kappa shape index (κ3) is 4.58. The molecule has 0 aliphatic rings. The maximum atomic E-state index is 12.5. The predicted octanol–water partition coefficient (Wildman–Crippen LogP) is 3.98. The van der Waals surface area contributed by atoms with Gasteiger partial charge in [-0.3, -0.25) is 10.1 Å². The van der Waals surface area contributed by atoms with Gasteiger partial charge in [0.05, 0.1) is 21.7 Å². The van der Waals surface area contributed by atoms with E-state index >= 15 is 0 Å². The molecule has 0 aliphatic heterocycles. The van der Waals surface area contributed by atoms with Crippen molar-refractivity contribution in [1.82, 2.24) is 9.29 Å². The van der Waals surface area contributed by atoms with Crippen LogP contribution in [0.3, 0.4) is 0 Å². The quantitative estimate of drug-likeness (QED) is 0.609. The lowest BCUT2D eigenvalue weighted by atomic mass is 10.2. The average Bonchev–Trinajstić information content (AvgIpc) is 3.09. The number of carbonyl (C=O) groups excluding carboxylic acids is 1. The molecule has 7 nitrogen and oxygen atoms in total. The number of nitrogens with one attached hydrogen (secondary N) is 1. The number of anilines is 1. The SMILES string of the molecule is CCOc1ccc2nc(NC(=O)c3ccc(S(=O)(=O)N(C)C(C)C)cc3)sc2c1. The van der Waals surface area contributed by atoms with Crippen LogP contribution >= 0.6 is 11.3 Å². The summed E-state index contributed by atoms with van der Waals surface area (Å²) in [5.41, 5.74) is 1.12. The van der Waals surface area contributed by atoms with E-state index in [-0.39, 0.29) is 16.8 Å². The fourth-order valence-corrected chi connectivity index (χ4v) is 4.86. The van der Waals surface area contributed by atoms with Gasteiger partial charge in [-0.15, -0.1) is 0 Å². The highest BCUT2D eigenvalue weighted by atomic mass is 32.2. The molecule has 0 saturated heterocycles. The minimum absolute atomic E-state index is 0.147. The Morgan fingerprint density at radius 3 is 2.52 bits per heavy atom. The smallest absolute Gasteiger partial charge is 0.257 e. The topological polar surface area (TPSA) is 88.6 Å². The lowest BCUT2D eigenvalue weighted by Crippen LogP contribution is -2.33. The molecule has 9 heteroatoms. The van der Waals surface area contributed by atoms with Gasteiger partial charge >= 0.3 is 0 Å². The van der Waals surface area contributed by atoms with Crippen molar-refractivity contribution < 1.29 is 17.9 Å². The lowest BCUT2D eigenvalue weighted by molar-refractivity contribution is 0.102. The van der Waals surface area contributed by atoms with Gasteiger partial charge in [0.25, 0.3) is 5.91 Å². The minimum Gasteiger partial charge on any atom is -0.494 e. The number of ether oxygens (including phenoxy) is 1. The summed E-state index contributed by atoms with van der Waals surface area (Å²) in [4.78, 5) is 17.1. The summed E-state index contributed by atoms with van der Waals surface area (Å²) < 4.78 is 32.7. The van der Waals surface area contributed by atoms with Gasteiger partial charge in [0.2, 0.25) is 10.0 Å². The molecule has 0 fully saturated rings. The zero-order valence-corrected chi connectivity index (χ0v) is 18.3. The Hall–Kier alpha value is -2.49. The second-order valence-corrected chi connectivity index (χ2v) is 9.70. The molecule has 154 valence electrons. The highest BCUT2D eigenvalue weighted by Crippen LogP contribution is 2.29. The van der Waals surface area contributed by atoms with Gasteiger partial charge in [0.1, 0.15) is 5.75 Å². The normalized spacial score (nSPS) is 11.9. The summed E-state index contributed by atoms with van der Waals surface area (Å²) in [7, 11) is -2.05. The molecule has 29 heavy (non-hydrogen) atoms. The van der Waals surface area contributed by atoms with Crippen LogP contribution in [0.15, 0.2) is 47.4 Å².